The lowest BCUT2D eigenvalue weighted by molar-refractivity contribution is 0.101. The molecule has 5 N–H and O–H groups in total. The van der Waals surface area contributed by atoms with E-state index in [-0.39, 0.29) is 21.5 Å². The highest BCUT2D eigenvalue weighted by Gasteiger charge is 2.15. The van der Waals surface area contributed by atoms with Crippen molar-refractivity contribution in [2.75, 3.05) is 21.7 Å². The Morgan fingerprint density at radius 1 is 0.800 bits per heavy atom. The van der Waals surface area contributed by atoms with E-state index in [1.54, 1.807) is 60.0 Å². The molecular weight excluding hydrogens is 503 g/mol. The summed E-state index contributed by atoms with van der Waals surface area (Å²) in [5.41, 5.74) is 10.7. The minimum Gasteiger partial charge on any atom is -0.397 e. The van der Waals surface area contributed by atoms with Crippen LogP contribution in [0.1, 0.15) is 26.3 Å². The van der Waals surface area contributed by atoms with E-state index in [9.17, 15) is 9.59 Å². The molecule has 6 nitrogen and oxygen atoms in total. The highest BCUT2D eigenvalue weighted by Crippen LogP contribution is 2.29. The van der Waals surface area contributed by atoms with Crippen LogP contribution >= 0.6 is 34.5 Å². The fourth-order valence-electron chi connectivity index (χ4n) is 3.25. The maximum atomic E-state index is 12.6. The fourth-order valence-corrected chi connectivity index (χ4v) is 4.45. The Morgan fingerprint density at radius 2 is 1.46 bits per heavy atom. The van der Waals surface area contributed by atoms with Gasteiger partial charge in [-0.25, -0.2) is 0 Å². The third-order valence-corrected chi connectivity index (χ3v) is 6.37. The van der Waals surface area contributed by atoms with Gasteiger partial charge in [-0.1, -0.05) is 48.0 Å². The third kappa shape index (κ3) is 5.84. The monoisotopic (exact) mass is 522 g/mol. The number of hydrogen-bond donors (Lipinski definition) is 4. The van der Waals surface area contributed by atoms with Gasteiger partial charge in [-0.2, -0.15) is 11.3 Å². The summed E-state index contributed by atoms with van der Waals surface area (Å²) in [5, 5.41) is 13.0. The first-order valence-electron chi connectivity index (χ1n) is 10.4. The second kappa shape index (κ2) is 10.7. The SMILES string of the molecule is C=C(Nc1ccc(NC(=O)c2c(Cl)cccc2Cl)cc1N)c1ccc(NC(=O)c2ccsc2)cc1. The molecule has 0 spiro atoms. The molecule has 0 aliphatic carbocycles. The molecule has 0 saturated heterocycles. The number of anilines is 4. The molecule has 0 aliphatic rings. The molecule has 9 heteroatoms. The van der Waals surface area contributed by atoms with E-state index in [1.807, 2.05) is 17.5 Å². The van der Waals surface area contributed by atoms with E-state index in [1.165, 1.54) is 11.3 Å². The van der Waals surface area contributed by atoms with E-state index < -0.39 is 5.91 Å². The van der Waals surface area contributed by atoms with Gasteiger partial charge in [-0.3, -0.25) is 9.59 Å². The number of nitrogen functional groups attached to an aromatic ring is 1. The normalized spacial score (nSPS) is 10.5. The van der Waals surface area contributed by atoms with Crippen molar-refractivity contribution in [3.63, 3.8) is 0 Å². The van der Waals surface area contributed by atoms with E-state index in [2.05, 4.69) is 22.5 Å². The first-order valence-corrected chi connectivity index (χ1v) is 12.1. The minimum atomic E-state index is -0.434. The van der Waals surface area contributed by atoms with Crippen molar-refractivity contribution in [3.05, 3.63) is 111 Å². The summed E-state index contributed by atoms with van der Waals surface area (Å²) in [6.07, 6.45) is 0. The summed E-state index contributed by atoms with van der Waals surface area (Å²) in [6, 6.07) is 19.0. The number of amides is 2. The van der Waals surface area contributed by atoms with Crippen molar-refractivity contribution in [1.82, 2.24) is 0 Å². The minimum absolute atomic E-state index is 0.160. The molecule has 3 aromatic carbocycles. The zero-order valence-corrected chi connectivity index (χ0v) is 20.6. The van der Waals surface area contributed by atoms with Gasteiger partial charge in [0.2, 0.25) is 0 Å². The second-order valence-corrected chi connectivity index (χ2v) is 9.09. The maximum Gasteiger partial charge on any atom is 0.258 e. The molecule has 4 aromatic rings. The molecular formula is C26H20Cl2N4O2S. The Morgan fingerprint density at radius 3 is 2.09 bits per heavy atom. The molecule has 0 aliphatic heterocycles. The van der Waals surface area contributed by atoms with Crippen LogP contribution in [-0.4, -0.2) is 11.8 Å². The molecule has 0 radical (unpaired) electrons. The van der Waals surface area contributed by atoms with Gasteiger partial charge in [0.05, 0.1) is 32.5 Å². The standard InChI is InChI=1S/C26H20Cl2N4O2S/c1-15(16-5-7-18(8-6-16)31-25(33)17-11-12-35-14-17)30-23-10-9-19(13-22(23)29)32-26(34)24-20(27)3-2-4-21(24)28/h2-14,30H,1,29H2,(H,31,33)(H,32,34). The van der Waals surface area contributed by atoms with Crippen LogP contribution in [0.2, 0.25) is 10.0 Å². The van der Waals surface area contributed by atoms with E-state index in [4.69, 9.17) is 28.9 Å². The summed E-state index contributed by atoms with van der Waals surface area (Å²) in [6.45, 7) is 4.07. The molecule has 35 heavy (non-hydrogen) atoms. The molecule has 0 atom stereocenters. The zero-order chi connectivity index (χ0) is 24.9. The van der Waals surface area contributed by atoms with Crippen LogP contribution < -0.4 is 21.7 Å². The lowest BCUT2D eigenvalue weighted by Gasteiger charge is -2.15. The van der Waals surface area contributed by atoms with Crippen molar-refractivity contribution in [3.8, 4) is 0 Å². The Kier molecular flexibility index (Phi) is 7.41. The number of rotatable bonds is 7. The largest absolute Gasteiger partial charge is 0.397 e. The van der Waals surface area contributed by atoms with Crippen molar-refractivity contribution >= 4 is 74.8 Å². The molecule has 176 valence electrons. The second-order valence-electron chi connectivity index (χ2n) is 7.50. The first-order chi connectivity index (χ1) is 16.8. The smallest absolute Gasteiger partial charge is 0.258 e. The average molecular weight is 523 g/mol. The number of benzene rings is 3. The van der Waals surface area contributed by atoms with Crippen molar-refractivity contribution < 1.29 is 9.59 Å². The molecule has 0 bridgehead atoms. The van der Waals surface area contributed by atoms with Gasteiger partial charge in [0.15, 0.2) is 0 Å². The Hall–Kier alpha value is -3.78. The summed E-state index contributed by atoms with van der Waals surface area (Å²) >= 11 is 13.7. The van der Waals surface area contributed by atoms with Gasteiger partial charge in [0.1, 0.15) is 0 Å². The van der Waals surface area contributed by atoms with Crippen LogP contribution in [0.5, 0.6) is 0 Å². The highest BCUT2D eigenvalue weighted by atomic mass is 35.5. The lowest BCUT2D eigenvalue weighted by Crippen LogP contribution is -2.13. The molecule has 2 amide bonds. The summed E-state index contributed by atoms with van der Waals surface area (Å²) in [4.78, 5) is 24.8. The van der Waals surface area contributed by atoms with Gasteiger partial charge in [0, 0.05) is 22.5 Å². The number of nitrogens with two attached hydrogens (primary N) is 1. The molecule has 1 heterocycles. The van der Waals surface area contributed by atoms with Crippen molar-refractivity contribution in [2.24, 2.45) is 0 Å². The molecule has 0 unspecified atom stereocenters. The Labute approximate surface area is 216 Å². The van der Waals surface area contributed by atoms with Crippen LogP contribution in [0, 0.1) is 0 Å². The quantitative estimate of drug-likeness (QED) is 0.192. The maximum absolute atomic E-state index is 12.6. The van der Waals surface area contributed by atoms with Crippen LogP contribution in [0.25, 0.3) is 5.70 Å². The summed E-state index contributed by atoms with van der Waals surface area (Å²) in [5.74, 6) is -0.594. The predicted molar refractivity (Wildman–Crippen MR) is 147 cm³/mol. The number of carbonyl (C=O) groups excluding carboxylic acids is 2. The van der Waals surface area contributed by atoms with Gasteiger partial charge in [0.25, 0.3) is 11.8 Å². The number of thiophene rings is 1. The van der Waals surface area contributed by atoms with Crippen molar-refractivity contribution in [2.45, 2.75) is 0 Å². The molecule has 0 saturated carbocycles. The number of carbonyl (C=O) groups is 2. The Balaban J connectivity index is 1.40. The van der Waals surface area contributed by atoms with Gasteiger partial charge >= 0.3 is 0 Å². The Bertz CT molecular complexity index is 1380. The average Bonchev–Trinajstić information content (AvgIpc) is 3.36. The fraction of sp³-hybridized carbons (Fsp3) is 0. The van der Waals surface area contributed by atoms with Gasteiger partial charge in [-0.05, 0) is 59.5 Å². The van der Waals surface area contributed by atoms with Gasteiger partial charge in [-0.15, -0.1) is 0 Å². The predicted octanol–water partition coefficient (Wildman–Crippen LogP) is 7.22. The summed E-state index contributed by atoms with van der Waals surface area (Å²) in [7, 11) is 0. The molecule has 1 aromatic heterocycles. The van der Waals surface area contributed by atoms with Gasteiger partial charge < -0.3 is 21.7 Å². The van der Waals surface area contributed by atoms with Crippen molar-refractivity contribution in [1.29, 1.82) is 0 Å². The highest BCUT2D eigenvalue weighted by molar-refractivity contribution is 7.08. The summed E-state index contributed by atoms with van der Waals surface area (Å²) < 4.78 is 0. The third-order valence-electron chi connectivity index (χ3n) is 5.06. The van der Waals surface area contributed by atoms with Crippen LogP contribution in [0.4, 0.5) is 22.7 Å². The van der Waals surface area contributed by atoms with Crippen LogP contribution in [0.15, 0.2) is 84.1 Å². The van der Waals surface area contributed by atoms with Crippen LogP contribution in [0.3, 0.4) is 0 Å². The number of halogens is 2. The molecule has 0 fully saturated rings. The van der Waals surface area contributed by atoms with E-state index in [0.29, 0.717) is 34.0 Å². The molecule has 4 rings (SSSR count). The lowest BCUT2D eigenvalue weighted by atomic mass is 10.1. The first kappa shape index (κ1) is 24.3. The topological polar surface area (TPSA) is 96.2 Å². The number of hydrogen-bond acceptors (Lipinski definition) is 5. The van der Waals surface area contributed by atoms with E-state index >= 15 is 0 Å². The zero-order valence-electron chi connectivity index (χ0n) is 18.3. The number of nitrogens with one attached hydrogen (secondary N) is 3. The van der Waals surface area contributed by atoms with Crippen LogP contribution in [-0.2, 0) is 0 Å². The van der Waals surface area contributed by atoms with E-state index in [0.717, 1.165) is 5.56 Å².